The fraction of sp³-hybridized carbons (Fsp3) is 0.111. The molecule has 0 unspecified atom stereocenters. The van der Waals surface area contributed by atoms with Crippen molar-refractivity contribution in [3.8, 4) is 6.07 Å². The van der Waals surface area contributed by atoms with Gasteiger partial charge in [-0.25, -0.2) is 0 Å². The van der Waals surface area contributed by atoms with Crippen LogP contribution in [0.3, 0.4) is 0 Å². The molecule has 64 valence electrons. The maximum Gasteiger partial charge on any atom is 0.156 e. The zero-order valence-electron chi connectivity index (χ0n) is 6.84. The predicted octanol–water partition coefficient (Wildman–Crippen LogP) is 1.40. The van der Waals surface area contributed by atoms with Crippen LogP contribution in [-0.4, -0.2) is 9.72 Å². The highest BCUT2D eigenvalue weighted by molar-refractivity contribution is 5.25. The zero-order valence-corrected chi connectivity index (χ0v) is 6.84. The van der Waals surface area contributed by atoms with E-state index in [1.165, 1.54) is 0 Å². The molecule has 0 saturated carbocycles. The monoisotopic (exact) mass is 173 g/mol. The molecule has 0 aliphatic heterocycles. The van der Waals surface area contributed by atoms with Gasteiger partial charge in [0.15, 0.2) is 5.76 Å². The Morgan fingerprint density at radius 2 is 2.46 bits per heavy atom. The highest BCUT2D eigenvalue weighted by Crippen LogP contribution is 2.04. The van der Waals surface area contributed by atoms with Gasteiger partial charge in [-0.15, -0.1) is 0 Å². The summed E-state index contributed by atoms with van der Waals surface area (Å²) < 4.78 is 6.80. The summed E-state index contributed by atoms with van der Waals surface area (Å²) in [7, 11) is 0. The van der Waals surface area contributed by atoms with Crippen molar-refractivity contribution in [1.29, 1.82) is 5.26 Å². The molecule has 4 heteroatoms. The van der Waals surface area contributed by atoms with Gasteiger partial charge in [-0.05, 0) is 6.07 Å². The number of aromatic nitrogens is 2. The fourth-order valence-corrected chi connectivity index (χ4v) is 1.11. The third-order valence-corrected chi connectivity index (χ3v) is 1.71. The van der Waals surface area contributed by atoms with Crippen molar-refractivity contribution >= 4 is 0 Å². The smallest absolute Gasteiger partial charge is 0.156 e. The second-order valence-corrected chi connectivity index (χ2v) is 2.66. The molecule has 0 N–H and O–H groups in total. The Morgan fingerprint density at radius 1 is 1.54 bits per heavy atom. The number of nitriles is 1. The molecule has 0 saturated heterocycles. The van der Waals surface area contributed by atoms with Gasteiger partial charge in [0.25, 0.3) is 0 Å². The summed E-state index contributed by atoms with van der Waals surface area (Å²) in [6, 6.07) is 5.62. The molecule has 0 bridgehead atoms. The van der Waals surface area contributed by atoms with Gasteiger partial charge < -0.3 is 9.09 Å². The normalized spacial score (nSPS) is 9.77. The molecule has 2 heterocycles. The first-order chi connectivity index (χ1) is 6.38. The van der Waals surface area contributed by atoms with Crippen LogP contribution < -0.4 is 0 Å². The lowest BCUT2D eigenvalue weighted by Crippen LogP contribution is -1.93. The van der Waals surface area contributed by atoms with Crippen molar-refractivity contribution in [2.24, 2.45) is 0 Å². The lowest BCUT2D eigenvalue weighted by atomic mass is 10.4. The molecule has 0 fully saturated rings. The van der Waals surface area contributed by atoms with Crippen LogP contribution in [0.1, 0.15) is 11.3 Å². The van der Waals surface area contributed by atoms with Crippen LogP contribution in [-0.2, 0) is 6.54 Å². The molecular weight excluding hydrogens is 166 g/mol. The molecule has 0 aliphatic rings. The van der Waals surface area contributed by atoms with Gasteiger partial charge in [0.2, 0.25) is 0 Å². The molecule has 0 radical (unpaired) electrons. The van der Waals surface area contributed by atoms with Crippen molar-refractivity contribution < 1.29 is 4.52 Å². The number of hydrogen-bond acceptors (Lipinski definition) is 3. The van der Waals surface area contributed by atoms with E-state index in [2.05, 4.69) is 11.2 Å². The molecule has 4 nitrogen and oxygen atoms in total. The molecule has 2 rings (SSSR count). The molecule has 0 atom stereocenters. The van der Waals surface area contributed by atoms with Gasteiger partial charge in [0, 0.05) is 18.5 Å². The van der Waals surface area contributed by atoms with E-state index in [-0.39, 0.29) is 0 Å². The first-order valence-corrected chi connectivity index (χ1v) is 3.84. The van der Waals surface area contributed by atoms with Crippen LogP contribution in [0.25, 0.3) is 0 Å². The number of hydrogen-bond donors (Lipinski definition) is 0. The summed E-state index contributed by atoms with van der Waals surface area (Å²) in [5, 5.41) is 12.2. The number of rotatable bonds is 2. The Labute approximate surface area is 75.0 Å². The average Bonchev–Trinajstić information content (AvgIpc) is 2.76. The van der Waals surface area contributed by atoms with Gasteiger partial charge in [0.1, 0.15) is 6.07 Å². The van der Waals surface area contributed by atoms with Crippen molar-refractivity contribution in [3.05, 3.63) is 42.0 Å². The Bertz CT molecular complexity index is 422. The van der Waals surface area contributed by atoms with E-state index in [0.717, 1.165) is 5.76 Å². The summed E-state index contributed by atoms with van der Waals surface area (Å²) in [6.07, 6.45) is 5.20. The quantitative estimate of drug-likeness (QED) is 0.689. The molecule has 13 heavy (non-hydrogen) atoms. The van der Waals surface area contributed by atoms with Gasteiger partial charge >= 0.3 is 0 Å². The van der Waals surface area contributed by atoms with Gasteiger partial charge in [0.05, 0.1) is 18.3 Å². The third-order valence-electron chi connectivity index (χ3n) is 1.71. The maximum absolute atomic E-state index is 8.58. The lowest BCUT2D eigenvalue weighted by Gasteiger charge is -1.95. The minimum Gasteiger partial charge on any atom is -0.359 e. The standard InChI is InChI=1S/C9H7N3O/c10-5-8-2-4-12(6-8)7-9-1-3-11-13-9/h1-4,6H,7H2. The van der Waals surface area contributed by atoms with Crippen LogP contribution in [0.15, 0.2) is 35.2 Å². The highest BCUT2D eigenvalue weighted by atomic mass is 16.5. The van der Waals surface area contributed by atoms with E-state index in [1.807, 2.05) is 10.8 Å². The second-order valence-electron chi connectivity index (χ2n) is 2.66. The highest BCUT2D eigenvalue weighted by Gasteiger charge is 1.99. The summed E-state index contributed by atoms with van der Waals surface area (Å²) in [5.41, 5.74) is 0.652. The van der Waals surface area contributed by atoms with E-state index < -0.39 is 0 Å². The Kier molecular flexibility index (Phi) is 1.85. The van der Waals surface area contributed by atoms with E-state index in [4.69, 9.17) is 9.78 Å². The zero-order chi connectivity index (χ0) is 9.10. The fourth-order valence-electron chi connectivity index (χ4n) is 1.11. The molecule has 0 aliphatic carbocycles. The lowest BCUT2D eigenvalue weighted by molar-refractivity contribution is 0.376. The van der Waals surface area contributed by atoms with Crippen LogP contribution in [0.4, 0.5) is 0 Å². The second kappa shape index (κ2) is 3.15. The molecule has 0 spiro atoms. The van der Waals surface area contributed by atoms with Crippen molar-refractivity contribution in [3.63, 3.8) is 0 Å². The van der Waals surface area contributed by atoms with Crippen LogP contribution in [0, 0.1) is 11.3 Å². The van der Waals surface area contributed by atoms with Crippen molar-refractivity contribution in [1.82, 2.24) is 9.72 Å². The first kappa shape index (κ1) is 7.62. The summed E-state index contributed by atoms with van der Waals surface area (Å²) in [5.74, 6) is 0.778. The van der Waals surface area contributed by atoms with Gasteiger partial charge in [-0.2, -0.15) is 5.26 Å². The summed E-state index contributed by atoms with van der Waals surface area (Å²) in [6.45, 7) is 0.613. The predicted molar refractivity (Wildman–Crippen MR) is 44.8 cm³/mol. The van der Waals surface area contributed by atoms with Crippen LogP contribution in [0.5, 0.6) is 0 Å². The molecular formula is C9H7N3O. The Hall–Kier alpha value is -2.02. The molecule has 0 aromatic carbocycles. The summed E-state index contributed by atoms with van der Waals surface area (Å²) >= 11 is 0. The van der Waals surface area contributed by atoms with Crippen molar-refractivity contribution in [2.45, 2.75) is 6.54 Å². The Morgan fingerprint density at radius 3 is 3.08 bits per heavy atom. The third kappa shape index (κ3) is 1.59. The van der Waals surface area contributed by atoms with E-state index >= 15 is 0 Å². The molecule has 0 amide bonds. The largest absolute Gasteiger partial charge is 0.359 e. The van der Waals surface area contributed by atoms with E-state index in [9.17, 15) is 0 Å². The number of nitrogens with zero attached hydrogens (tertiary/aromatic N) is 3. The molecule has 2 aromatic heterocycles. The molecule has 2 aromatic rings. The van der Waals surface area contributed by atoms with Gasteiger partial charge in [-0.3, -0.25) is 0 Å². The van der Waals surface area contributed by atoms with E-state index in [0.29, 0.717) is 12.1 Å². The first-order valence-electron chi connectivity index (χ1n) is 3.84. The topological polar surface area (TPSA) is 54.8 Å². The maximum atomic E-state index is 8.58. The van der Waals surface area contributed by atoms with Gasteiger partial charge in [-0.1, -0.05) is 5.16 Å². The average molecular weight is 173 g/mol. The van der Waals surface area contributed by atoms with Crippen molar-refractivity contribution in [2.75, 3.05) is 0 Å². The SMILES string of the molecule is N#Cc1ccn(Cc2ccno2)c1. The Balaban J connectivity index is 2.15. The minimum atomic E-state index is 0.613. The van der Waals surface area contributed by atoms with E-state index in [1.54, 1.807) is 24.5 Å². The minimum absolute atomic E-state index is 0.613. The summed E-state index contributed by atoms with van der Waals surface area (Å²) in [4.78, 5) is 0. The van der Waals surface area contributed by atoms with Crippen LogP contribution in [0.2, 0.25) is 0 Å². The van der Waals surface area contributed by atoms with Crippen LogP contribution >= 0.6 is 0 Å².